The normalized spacial score (nSPS) is 16.0. The maximum absolute atomic E-state index is 12.0. The summed E-state index contributed by atoms with van der Waals surface area (Å²) in [5, 5.41) is 12.4. The van der Waals surface area contributed by atoms with Gasteiger partial charge >= 0.3 is 6.09 Å². The summed E-state index contributed by atoms with van der Waals surface area (Å²) in [5.41, 5.74) is 0.356. The molecule has 1 atom stereocenters. The molecule has 1 aromatic rings. The number of ether oxygens (including phenoxy) is 1. The Kier molecular flexibility index (Phi) is 5.62. The van der Waals surface area contributed by atoms with E-state index in [2.05, 4.69) is 21.2 Å². The van der Waals surface area contributed by atoms with Gasteiger partial charge in [0.25, 0.3) is 0 Å². The van der Waals surface area contributed by atoms with Crippen molar-refractivity contribution in [1.82, 2.24) is 14.9 Å². The van der Waals surface area contributed by atoms with Gasteiger partial charge in [-0.1, -0.05) is 0 Å². The number of likely N-dealkylation sites (tertiary alicyclic amines) is 1. The Labute approximate surface area is 142 Å². The molecule has 7 heteroatoms. The first-order valence-corrected chi connectivity index (χ1v) is 7.93. The second-order valence-corrected chi connectivity index (χ2v) is 6.84. The van der Waals surface area contributed by atoms with E-state index in [-0.39, 0.29) is 24.7 Å². The molecule has 1 aliphatic heterocycles. The van der Waals surface area contributed by atoms with Crippen LogP contribution in [0.5, 0.6) is 0 Å². The van der Waals surface area contributed by atoms with Crippen LogP contribution in [0.15, 0.2) is 12.4 Å². The lowest BCUT2D eigenvalue weighted by Crippen LogP contribution is -2.50. The van der Waals surface area contributed by atoms with Gasteiger partial charge in [-0.2, -0.15) is 0 Å². The molecule has 0 saturated carbocycles. The van der Waals surface area contributed by atoms with Crippen LogP contribution in [0.25, 0.3) is 0 Å². The third-order valence-electron chi connectivity index (χ3n) is 3.58. The van der Waals surface area contributed by atoms with Crippen molar-refractivity contribution in [2.45, 2.75) is 44.8 Å². The van der Waals surface area contributed by atoms with Crippen molar-refractivity contribution < 1.29 is 14.6 Å². The van der Waals surface area contributed by atoms with Gasteiger partial charge in [0.05, 0.1) is 18.3 Å². The largest absolute Gasteiger partial charge is 0.444 e. The van der Waals surface area contributed by atoms with E-state index in [1.54, 1.807) is 4.90 Å². The molecule has 0 bridgehead atoms. The molecule has 2 rings (SSSR count). The molecule has 1 fully saturated rings. The molecule has 0 aliphatic carbocycles. The fourth-order valence-electron chi connectivity index (χ4n) is 2.33. The molecule has 1 amide bonds. The summed E-state index contributed by atoms with van der Waals surface area (Å²) in [4.78, 5) is 22.0. The smallest absolute Gasteiger partial charge is 0.410 e. The van der Waals surface area contributed by atoms with Crippen molar-refractivity contribution in [3.05, 3.63) is 18.1 Å². The van der Waals surface area contributed by atoms with Crippen molar-refractivity contribution in [3.63, 3.8) is 0 Å². The Morgan fingerprint density at radius 1 is 1.54 bits per heavy atom. The van der Waals surface area contributed by atoms with Gasteiger partial charge in [0.15, 0.2) is 0 Å². The lowest BCUT2D eigenvalue weighted by atomic mass is 9.96. The molecule has 130 valence electrons. The Morgan fingerprint density at radius 2 is 2.25 bits per heavy atom. The molecule has 1 unspecified atom stereocenters. The second kappa shape index (κ2) is 7.49. The number of anilines is 1. The molecule has 1 aliphatic rings. The number of terminal acetylenes is 1. The number of nitrogens with one attached hydrogen (secondary N) is 1. The van der Waals surface area contributed by atoms with Crippen molar-refractivity contribution in [2.24, 2.45) is 0 Å². The fraction of sp³-hybridized carbons (Fsp3) is 0.588. The number of aromatic nitrogens is 2. The Balaban J connectivity index is 1.92. The fourth-order valence-corrected chi connectivity index (χ4v) is 2.33. The van der Waals surface area contributed by atoms with Crippen LogP contribution >= 0.6 is 0 Å². The van der Waals surface area contributed by atoms with Gasteiger partial charge < -0.3 is 20.1 Å². The molecule has 0 radical (unpaired) electrons. The van der Waals surface area contributed by atoms with Crippen LogP contribution in [0.2, 0.25) is 0 Å². The number of hydrogen-bond donors (Lipinski definition) is 2. The molecule has 1 aromatic heterocycles. The minimum absolute atomic E-state index is 0.0701. The average molecular weight is 332 g/mol. The maximum Gasteiger partial charge on any atom is 0.410 e. The maximum atomic E-state index is 12.0. The predicted octanol–water partition coefficient (Wildman–Crippen LogP) is 1.61. The van der Waals surface area contributed by atoms with E-state index in [0.717, 1.165) is 5.69 Å². The van der Waals surface area contributed by atoms with Gasteiger partial charge in [-0.25, -0.2) is 14.8 Å². The predicted molar refractivity (Wildman–Crippen MR) is 90.5 cm³/mol. The first kappa shape index (κ1) is 18.0. The molecular formula is C17H24N4O3. The third kappa shape index (κ3) is 4.83. The number of aliphatic hydroxyl groups excluding tert-OH is 1. The molecular weight excluding hydrogens is 308 g/mol. The van der Waals surface area contributed by atoms with Gasteiger partial charge in [0.2, 0.25) is 0 Å². The average Bonchev–Trinajstić information content (AvgIpc) is 2.43. The topological polar surface area (TPSA) is 87.6 Å². The summed E-state index contributed by atoms with van der Waals surface area (Å²) in [6.07, 6.45) is 6.85. The van der Waals surface area contributed by atoms with Crippen molar-refractivity contribution in [1.29, 1.82) is 0 Å². The van der Waals surface area contributed by atoms with Crippen LogP contribution in [0, 0.1) is 12.3 Å². The monoisotopic (exact) mass is 332 g/mol. The SMILES string of the molecule is C#CCC(CO)Nc1cc(C2CN(C(=O)OC(C)(C)C)C2)ncn1. The van der Waals surface area contributed by atoms with E-state index in [9.17, 15) is 9.90 Å². The Hall–Kier alpha value is -2.33. The van der Waals surface area contributed by atoms with E-state index < -0.39 is 5.60 Å². The van der Waals surface area contributed by atoms with E-state index >= 15 is 0 Å². The van der Waals surface area contributed by atoms with Crippen LogP contribution < -0.4 is 5.32 Å². The summed E-state index contributed by atoms with van der Waals surface area (Å²) < 4.78 is 5.34. The van der Waals surface area contributed by atoms with E-state index in [0.29, 0.717) is 25.3 Å². The first-order chi connectivity index (χ1) is 11.3. The lowest BCUT2D eigenvalue weighted by Gasteiger charge is -2.39. The van der Waals surface area contributed by atoms with Crippen LogP contribution in [0.4, 0.5) is 10.6 Å². The first-order valence-electron chi connectivity index (χ1n) is 7.93. The van der Waals surface area contributed by atoms with Crippen LogP contribution in [0.3, 0.4) is 0 Å². The van der Waals surface area contributed by atoms with Gasteiger partial charge in [-0.3, -0.25) is 0 Å². The zero-order chi connectivity index (χ0) is 17.7. The van der Waals surface area contributed by atoms with Crippen molar-refractivity contribution >= 4 is 11.9 Å². The van der Waals surface area contributed by atoms with Gasteiger partial charge in [0.1, 0.15) is 17.7 Å². The zero-order valence-electron chi connectivity index (χ0n) is 14.3. The van der Waals surface area contributed by atoms with Crippen LogP contribution in [-0.2, 0) is 4.74 Å². The number of amides is 1. The molecule has 2 heterocycles. The Bertz CT molecular complexity index is 615. The van der Waals surface area contributed by atoms with Gasteiger partial charge in [-0.15, -0.1) is 12.3 Å². The number of hydrogen-bond acceptors (Lipinski definition) is 6. The summed E-state index contributed by atoms with van der Waals surface area (Å²) in [6, 6.07) is 1.59. The van der Waals surface area contributed by atoms with Crippen LogP contribution in [0.1, 0.15) is 38.8 Å². The zero-order valence-corrected chi connectivity index (χ0v) is 14.3. The van der Waals surface area contributed by atoms with Gasteiger partial charge in [-0.05, 0) is 20.8 Å². The minimum Gasteiger partial charge on any atom is -0.444 e. The summed E-state index contributed by atoms with van der Waals surface area (Å²) in [6.45, 7) is 6.60. The van der Waals surface area contributed by atoms with Crippen LogP contribution in [-0.4, -0.2) is 57.4 Å². The van der Waals surface area contributed by atoms with E-state index in [1.807, 2.05) is 26.8 Å². The summed E-state index contributed by atoms with van der Waals surface area (Å²) in [5.74, 6) is 3.28. The third-order valence-corrected chi connectivity index (χ3v) is 3.58. The number of carbonyl (C=O) groups is 1. The molecule has 7 nitrogen and oxygen atoms in total. The highest BCUT2D eigenvalue weighted by Crippen LogP contribution is 2.28. The van der Waals surface area contributed by atoms with Gasteiger partial charge in [0, 0.05) is 31.5 Å². The van der Waals surface area contributed by atoms with E-state index in [1.165, 1.54) is 6.33 Å². The highest BCUT2D eigenvalue weighted by atomic mass is 16.6. The molecule has 0 spiro atoms. The molecule has 0 aromatic carbocycles. The highest BCUT2D eigenvalue weighted by Gasteiger charge is 2.35. The van der Waals surface area contributed by atoms with Crippen molar-refractivity contribution in [2.75, 3.05) is 25.0 Å². The summed E-state index contributed by atoms with van der Waals surface area (Å²) >= 11 is 0. The number of rotatable bonds is 5. The summed E-state index contributed by atoms with van der Waals surface area (Å²) in [7, 11) is 0. The number of carbonyl (C=O) groups excluding carboxylic acids is 1. The number of aliphatic hydroxyl groups is 1. The molecule has 24 heavy (non-hydrogen) atoms. The van der Waals surface area contributed by atoms with Crippen molar-refractivity contribution in [3.8, 4) is 12.3 Å². The molecule has 1 saturated heterocycles. The number of nitrogens with zero attached hydrogens (tertiary/aromatic N) is 3. The lowest BCUT2D eigenvalue weighted by molar-refractivity contribution is 0.00787. The minimum atomic E-state index is -0.496. The standard InChI is InChI=1S/C17H24N4O3/c1-5-6-13(10-22)20-15-7-14(18-11-19-15)12-8-21(9-12)16(23)24-17(2,3)4/h1,7,11-13,22H,6,8-10H2,2-4H3,(H,18,19,20). The molecule has 2 N–H and O–H groups in total. The quantitative estimate of drug-likeness (QED) is 0.797. The second-order valence-electron chi connectivity index (χ2n) is 6.84. The van der Waals surface area contributed by atoms with E-state index in [4.69, 9.17) is 11.2 Å². The Morgan fingerprint density at radius 3 is 2.83 bits per heavy atom. The highest BCUT2D eigenvalue weighted by molar-refractivity contribution is 5.69.